The van der Waals surface area contributed by atoms with Crippen LogP contribution in [-0.4, -0.2) is 0 Å². The highest BCUT2D eigenvalue weighted by Crippen LogP contribution is 2.31. The van der Waals surface area contributed by atoms with E-state index in [1.54, 1.807) is 0 Å². The molecule has 0 N–H and O–H groups in total. The Balaban J connectivity index is 5.94. The van der Waals surface area contributed by atoms with Crippen molar-refractivity contribution in [1.82, 2.24) is 0 Å². The van der Waals surface area contributed by atoms with Crippen molar-refractivity contribution in [3.8, 4) is 0 Å². The molecule has 0 bridgehead atoms. The highest BCUT2D eigenvalue weighted by atomic mass is 31.0. The normalized spacial score (nSPS) is 15.2. The average molecular weight is 334 g/mol. The van der Waals surface area contributed by atoms with Gasteiger partial charge in [-0.1, -0.05) is 61.9 Å². The standard InChI is InChI=1S/C20H32P2/c1-7-15(6)20(13-12-17(21)9-3)19(11-5)16(8-2)14-18(22)10-4/h7-9,14H,1-2,10-13,21-22H2,3-6H3/b17-9+,18-14+,19-16+,20-15-. The largest absolute Gasteiger partial charge is 0.110 e. The monoisotopic (exact) mass is 334 g/mol. The van der Waals surface area contributed by atoms with Crippen LogP contribution >= 0.6 is 18.5 Å². The van der Waals surface area contributed by atoms with Crippen LogP contribution in [0.2, 0.25) is 0 Å². The van der Waals surface area contributed by atoms with E-state index in [0.717, 1.165) is 25.7 Å². The molecule has 0 saturated heterocycles. The quantitative estimate of drug-likeness (QED) is 0.311. The molecule has 0 radical (unpaired) electrons. The average Bonchev–Trinajstić information content (AvgIpc) is 2.55. The summed E-state index contributed by atoms with van der Waals surface area (Å²) in [7, 11) is 5.65. The first kappa shape index (κ1) is 21.3. The van der Waals surface area contributed by atoms with Gasteiger partial charge in [-0.2, -0.15) is 0 Å². The predicted octanol–water partition coefficient (Wildman–Crippen LogP) is 7.11. The zero-order valence-electron chi connectivity index (χ0n) is 14.7. The molecule has 0 rings (SSSR count). The Kier molecular flexibility index (Phi) is 11.4. The Hall–Kier alpha value is -0.700. The summed E-state index contributed by atoms with van der Waals surface area (Å²) in [5.74, 6) is 0. The molecule has 2 atom stereocenters. The number of hydrogen-bond acceptors (Lipinski definition) is 0. The van der Waals surface area contributed by atoms with Crippen molar-refractivity contribution in [2.24, 2.45) is 0 Å². The second-order valence-corrected chi connectivity index (χ2v) is 6.78. The lowest BCUT2D eigenvalue weighted by Gasteiger charge is -2.17. The highest BCUT2D eigenvalue weighted by molar-refractivity contribution is 7.22. The lowest BCUT2D eigenvalue weighted by molar-refractivity contribution is 0.925. The van der Waals surface area contributed by atoms with Crippen molar-refractivity contribution in [2.45, 2.75) is 53.4 Å². The van der Waals surface area contributed by atoms with E-state index >= 15 is 0 Å². The van der Waals surface area contributed by atoms with Crippen molar-refractivity contribution in [1.29, 1.82) is 0 Å². The van der Waals surface area contributed by atoms with E-state index in [4.69, 9.17) is 0 Å². The number of allylic oxidation sites excluding steroid dienone is 10. The molecule has 0 heterocycles. The Morgan fingerprint density at radius 1 is 0.909 bits per heavy atom. The first-order valence-electron chi connectivity index (χ1n) is 7.99. The first-order chi connectivity index (χ1) is 10.4. The van der Waals surface area contributed by atoms with Crippen LogP contribution in [0.4, 0.5) is 0 Å². The lowest BCUT2D eigenvalue weighted by Crippen LogP contribution is -1.97. The summed E-state index contributed by atoms with van der Waals surface area (Å²) in [5, 5.41) is 2.65. The molecule has 0 saturated carbocycles. The van der Waals surface area contributed by atoms with Gasteiger partial charge in [0.1, 0.15) is 0 Å². The van der Waals surface area contributed by atoms with E-state index in [1.165, 1.54) is 32.9 Å². The van der Waals surface area contributed by atoms with E-state index in [-0.39, 0.29) is 0 Å². The van der Waals surface area contributed by atoms with Gasteiger partial charge in [-0.05, 0) is 61.8 Å². The first-order valence-corrected chi connectivity index (χ1v) is 9.15. The van der Waals surface area contributed by atoms with E-state index in [0.29, 0.717) is 0 Å². The summed E-state index contributed by atoms with van der Waals surface area (Å²) in [5.41, 5.74) is 5.28. The van der Waals surface area contributed by atoms with Crippen LogP contribution in [0.5, 0.6) is 0 Å². The molecule has 0 nitrogen and oxygen atoms in total. The van der Waals surface area contributed by atoms with Gasteiger partial charge in [-0.25, -0.2) is 0 Å². The van der Waals surface area contributed by atoms with Crippen molar-refractivity contribution in [3.05, 3.63) is 70.4 Å². The molecular weight excluding hydrogens is 302 g/mol. The maximum Gasteiger partial charge on any atom is -0.0225 e. The van der Waals surface area contributed by atoms with E-state index in [9.17, 15) is 0 Å². The summed E-state index contributed by atoms with van der Waals surface area (Å²) < 4.78 is 0. The maximum absolute atomic E-state index is 4.02. The summed E-state index contributed by atoms with van der Waals surface area (Å²) in [6.07, 6.45) is 12.5. The minimum atomic E-state index is 1.00. The van der Waals surface area contributed by atoms with Crippen molar-refractivity contribution in [2.75, 3.05) is 0 Å². The van der Waals surface area contributed by atoms with Gasteiger partial charge in [0.05, 0.1) is 0 Å². The van der Waals surface area contributed by atoms with Gasteiger partial charge in [0.25, 0.3) is 0 Å². The third-order valence-electron chi connectivity index (χ3n) is 3.85. The fourth-order valence-electron chi connectivity index (χ4n) is 2.29. The summed E-state index contributed by atoms with van der Waals surface area (Å²) in [4.78, 5) is 0. The van der Waals surface area contributed by atoms with Crippen LogP contribution in [0.25, 0.3) is 0 Å². The maximum atomic E-state index is 4.02. The van der Waals surface area contributed by atoms with Crippen molar-refractivity contribution >= 4 is 18.5 Å². The second kappa shape index (κ2) is 11.8. The van der Waals surface area contributed by atoms with Crippen LogP contribution in [0.15, 0.2) is 70.4 Å². The fourth-order valence-corrected chi connectivity index (χ4v) is 2.61. The third kappa shape index (κ3) is 7.04. The van der Waals surface area contributed by atoms with Crippen LogP contribution in [0.3, 0.4) is 0 Å². The molecule has 2 heteroatoms. The van der Waals surface area contributed by atoms with E-state index < -0.39 is 0 Å². The minimum Gasteiger partial charge on any atom is -0.110 e. The van der Waals surface area contributed by atoms with Gasteiger partial charge in [-0.15, -0.1) is 18.5 Å². The molecule has 122 valence electrons. The Labute approximate surface area is 142 Å². The van der Waals surface area contributed by atoms with Gasteiger partial charge in [0, 0.05) is 0 Å². The smallest absolute Gasteiger partial charge is 0.0225 e. The fraction of sp³-hybridized carbons (Fsp3) is 0.400. The SMILES string of the molecule is C=C\C(C)=C(CC/C(P)=C\C)/C(CC)=C(C=C)/C=C(/P)CC. The second-order valence-electron chi connectivity index (χ2n) is 5.29. The van der Waals surface area contributed by atoms with Gasteiger partial charge < -0.3 is 0 Å². The Bertz CT molecular complexity index is 514. The van der Waals surface area contributed by atoms with Gasteiger partial charge >= 0.3 is 0 Å². The molecule has 22 heavy (non-hydrogen) atoms. The lowest BCUT2D eigenvalue weighted by atomic mass is 9.90. The van der Waals surface area contributed by atoms with Crippen LogP contribution in [-0.2, 0) is 0 Å². The molecule has 0 aliphatic heterocycles. The summed E-state index contributed by atoms with van der Waals surface area (Å²) >= 11 is 0. The Morgan fingerprint density at radius 2 is 1.55 bits per heavy atom. The third-order valence-corrected chi connectivity index (χ3v) is 5.05. The van der Waals surface area contributed by atoms with Crippen molar-refractivity contribution in [3.63, 3.8) is 0 Å². The molecule has 0 aliphatic carbocycles. The van der Waals surface area contributed by atoms with Crippen molar-refractivity contribution < 1.29 is 0 Å². The molecule has 2 unspecified atom stereocenters. The molecule has 0 amide bonds. The zero-order valence-corrected chi connectivity index (χ0v) is 17.0. The van der Waals surface area contributed by atoms with E-state index in [1.807, 2.05) is 12.2 Å². The van der Waals surface area contributed by atoms with Gasteiger partial charge in [-0.3, -0.25) is 0 Å². The van der Waals surface area contributed by atoms with Crippen LogP contribution in [0.1, 0.15) is 53.4 Å². The van der Waals surface area contributed by atoms with Crippen LogP contribution < -0.4 is 0 Å². The van der Waals surface area contributed by atoms with Crippen LogP contribution in [0, 0.1) is 0 Å². The molecule has 0 aliphatic rings. The van der Waals surface area contributed by atoms with Gasteiger partial charge in [0.15, 0.2) is 0 Å². The summed E-state index contributed by atoms with van der Waals surface area (Å²) in [6.45, 7) is 16.6. The Morgan fingerprint density at radius 3 is 1.95 bits per heavy atom. The molecule has 0 aromatic carbocycles. The minimum absolute atomic E-state index is 1.00. The molecule has 0 fully saturated rings. The molecule has 0 aromatic heterocycles. The number of rotatable bonds is 9. The zero-order chi connectivity index (χ0) is 17.1. The topological polar surface area (TPSA) is 0 Å². The molecule has 0 aromatic rings. The predicted molar refractivity (Wildman–Crippen MR) is 111 cm³/mol. The number of hydrogen-bond donors (Lipinski definition) is 0. The molecule has 0 spiro atoms. The highest BCUT2D eigenvalue weighted by Gasteiger charge is 2.10. The van der Waals surface area contributed by atoms with Gasteiger partial charge in [0.2, 0.25) is 0 Å². The molecular formula is C20H32P2. The van der Waals surface area contributed by atoms with E-state index in [2.05, 4.69) is 71.5 Å². The summed E-state index contributed by atoms with van der Waals surface area (Å²) in [6, 6.07) is 0.